The van der Waals surface area contributed by atoms with Gasteiger partial charge in [0.05, 0.1) is 12.1 Å². The molecule has 2 aliphatic rings. The van der Waals surface area contributed by atoms with Crippen molar-refractivity contribution in [3.63, 3.8) is 0 Å². The van der Waals surface area contributed by atoms with Gasteiger partial charge in [-0.05, 0) is 48.1 Å². The molecule has 0 spiro atoms. The Kier molecular flexibility index (Phi) is 6.88. The second-order valence-electron chi connectivity index (χ2n) is 8.95. The molecule has 1 aliphatic carbocycles. The fourth-order valence-electron chi connectivity index (χ4n) is 4.30. The van der Waals surface area contributed by atoms with Crippen LogP contribution < -0.4 is 5.32 Å². The molecule has 2 atom stereocenters. The Morgan fingerprint density at radius 2 is 1.85 bits per heavy atom. The molecule has 0 unspecified atom stereocenters. The monoisotopic (exact) mass is 453 g/mol. The number of nitrogens with one attached hydrogen (secondary N) is 1. The first-order chi connectivity index (χ1) is 15.8. The molecule has 4 rings (SSSR count). The summed E-state index contributed by atoms with van der Waals surface area (Å²) in [5.74, 6) is -0.886. The number of halogens is 2. The van der Waals surface area contributed by atoms with Crippen molar-refractivity contribution in [3.8, 4) is 0 Å². The van der Waals surface area contributed by atoms with Crippen molar-refractivity contribution in [2.45, 2.75) is 31.3 Å². The van der Waals surface area contributed by atoms with Crippen molar-refractivity contribution in [2.24, 2.45) is 5.92 Å². The van der Waals surface area contributed by atoms with E-state index in [1.165, 1.54) is 11.0 Å². The van der Waals surface area contributed by atoms with Gasteiger partial charge in [-0.25, -0.2) is 8.78 Å². The largest absolute Gasteiger partial charge is 0.349 e. The minimum absolute atomic E-state index is 0.00152. The van der Waals surface area contributed by atoms with Gasteiger partial charge in [0.15, 0.2) is 0 Å². The van der Waals surface area contributed by atoms with Crippen LogP contribution in [0.4, 0.5) is 8.78 Å². The molecule has 1 saturated carbocycles. The predicted octanol–water partition coefficient (Wildman–Crippen LogP) is 3.78. The lowest BCUT2D eigenvalue weighted by Crippen LogP contribution is -2.48. The van der Waals surface area contributed by atoms with Crippen LogP contribution >= 0.6 is 0 Å². The molecule has 2 aromatic rings. The molecule has 1 N–H and O–H groups in total. The van der Waals surface area contributed by atoms with Gasteiger partial charge in [0.2, 0.25) is 11.8 Å². The van der Waals surface area contributed by atoms with Crippen LogP contribution in [0, 0.1) is 17.6 Å². The third-order valence-electron chi connectivity index (χ3n) is 6.30. The second-order valence-corrected chi connectivity index (χ2v) is 8.95. The molecule has 7 heteroatoms. The minimum Gasteiger partial charge on any atom is -0.349 e. The Hall–Kier alpha value is -3.06. The van der Waals surface area contributed by atoms with Crippen molar-refractivity contribution >= 4 is 17.4 Å². The summed E-state index contributed by atoms with van der Waals surface area (Å²) in [5.41, 5.74) is 1.68. The molecule has 0 saturated heterocycles. The van der Waals surface area contributed by atoms with Crippen molar-refractivity contribution in [1.82, 2.24) is 15.1 Å². The quantitative estimate of drug-likeness (QED) is 0.662. The molecule has 1 aliphatic heterocycles. The summed E-state index contributed by atoms with van der Waals surface area (Å²) < 4.78 is 28.4. The normalized spacial score (nSPS) is 18.7. The van der Waals surface area contributed by atoms with E-state index in [0.717, 1.165) is 30.5 Å². The fourth-order valence-corrected chi connectivity index (χ4v) is 4.30. The van der Waals surface area contributed by atoms with Gasteiger partial charge >= 0.3 is 0 Å². The van der Waals surface area contributed by atoms with E-state index in [0.29, 0.717) is 18.5 Å². The molecular formula is C26H29F2N3O2. The number of rotatable bonds is 8. The van der Waals surface area contributed by atoms with Crippen molar-refractivity contribution in [3.05, 3.63) is 77.4 Å². The van der Waals surface area contributed by atoms with E-state index in [-0.39, 0.29) is 35.9 Å². The average molecular weight is 454 g/mol. The summed E-state index contributed by atoms with van der Waals surface area (Å²) in [6.45, 7) is 0.604. The number of amides is 2. The molecule has 1 heterocycles. The highest BCUT2D eigenvalue weighted by molar-refractivity contribution is 5.87. The molecule has 2 amide bonds. The standard InChI is InChI=1S/C26H29F2N3O2/c1-30(2)24(32)12-13-29-25(18-8-9-18)26(33)31-16-19(21-15-20(27)10-11-22(21)28)14-23(31)17-6-4-3-5-7-17/h3-7,10-11,14-15,18,23,25,29H,8-9,12-13,16H2,1-2H3/t23-,25-/m0/s1. The van der Waals surface area contributed by atoms with Gasteiger partial charge in [0.25, 0.3) is 0 Å². The van der Waals surface area contributed by atoms with Crippen molar-refractivity contribution < 1.29 is 18.4 Å². The topological polar surface area (TPSA) is 52.7 Å². The van der Waals surface area contributed by atoms with Crippen LogP contribution in [0.1, 0.15) is 36.4 Å². The molecular weight excluding hydrogens is 424 g/mol. The lowest BCUT2D eigenvalue weighted by Gasteiger charge is -2.30. The third-order valence-corrected chi connectivity index (χ3v) is 6.30. The van der Waals surface area contributed by atoms with Crippen LogP contribution in [0.15, 0.2) is 54.6 Å². The van der Waals surface area contributed by atoms with Crippen LogP contribution in [0.25, 0.3) is 5.57 Å². The molecule has 0 radical (unpaired) electrons. The summed E-state index contributed by atoms with van der Waals surface area (Å²) >= 11 is 0. The molecule has 1 fully saturated rings. The Bertz CT molecular complexity index is 1050. The Morgan fingerprint density at radius 3 is 2.52 bits per heavy atom. The van der Waals surface area contributed by atoms with Gasteiger partial charge in [0, 0.05) is 39.2 Å². The number of nitrogens with zero attached hydrogens (tertiary/aromatic N) is 2. The van der Waals surface area contributed by atoms with Crippen molar-refractivity contribution in [1.29, 1.82) is 0 Å². The van der Waals surface area contributed by atoms with Crippen LogP contribution in [-0.4, -0.2) is 54.8 Å². The summed E-state index contributed by atoms with van der Waals surface area (Å²) in [5, 5.41) is 3.30. The number of carbonyl (C=O) groups is 2. The summed E-state index contributed by atoms with van der Waals surface area (Å²) in [6, 6.07) is 12.2. The molecule has 0 bridgehead atoms. The van der Waals surface area contributed by atoms with E-state index in [2.05, 4.69) is 5.32 Å². The summed E-state index contributed by atoms with van der Waals surface area (Å²) in [6.07, 6.45) is 4.07. The Morgan fingerprint density at radius 1 is 1.12 bits per heavy atom. The molecule has 33 heavy (non-hydrogen) atoms. The van der Waals surface area contributed by atoms with E-state index in [1.807, 2.05) is 36.4 Å². The molecule has 0 aromatic heterocycles. The highest BCUT2D eigenvalue weighted by Crippen LogP contribution is 2.39. The molecule has 5 nitrogen and oxygen atoms in total. The SMILES string of the molecule is CN(C)C(=O)CCN[C@H](C(=O)N1CC(c2cc(F)ccc2F)=C[C@H]1c1ccccc1)C1CC1. The number of hydrogen-bond acceptors (Lipinski definition) is 3. The highest BCUT2D eigenvalue weighted by Gasteiger charge is 2.41. The van der Waals surface area contributed by atoms with Crippen LogP contribution in [0.2, 0.25) is 0 Å². The first kappa shape index (κ1) is 23.1. The van der Waals surface area contributed by atoms with Gasteiger partial charge in [0.1, 0.15) is 11.6 Å². The summed E-state index contributed by atoms with van der Waals surface area (Å²) in [4.78, 5) is 28.9. The molecule has 2 aromatic carbocycles. The smallest absolute Gasteiger partial charge is 0.241 e. The first-order valence-corrected chi connectivity index (χ1v) is 11.3. The predicted molar refractivity (Wildman–Crippen MR) is 123 cm³/mol. The van der Waals surface area contributed by atoms with E-state index in [1.54, 1.807) is 19.0 Å². The van der Waals surface area contributed by atoms with Gasteiger partial charge < -0.3 is 15.1 Å². The maximum atomic E-state index is 14.5. The Labute approximate surface area is 193 Å². The zero-order valence-corrected chi connectivity index (χ0v) is 18.9. The van der Waals surface area contributed by atoms with Crippen molar-refractivity contribution in [2.75, 3.05) is 27.2 Å². The summed E-state index contributed by atoms with van der Waals surface area (Å²) in [7, 11) is 3.42. The lowest BCUT2D eigenvalue weighted by atomic mass is 10.0. The zero-order valence-electron chi connectivity index (χ0n) is 18.9. The van der Waals surface area contributed by atoms with Gasteiger partial charge in [-0.15, -0.1) is 0 Å². The van der Waals surface area contributed by atoms with Crippen LogP contribution in [0.5, 0.6) is 0 Å². The van der Waals surface area contributed by atoms with Gasteiger partial charge in [-0.2, -0.15) is 0 Å². The zero-order chi connectivity index (χ0) is 23.5. The van der Waals surface area contributed by atoms with E-state index < -0.39 is 17.7 Å². The lowest BCUT2D eigenvalue weighted by molar-refractivity contribution is -0.135. The fraction of sp³-hybridized carbons (Fsp3) is 0.385. The third kappa shape index (κ3) is 5.30. The number of hydrogen-bond donors (Lipinski definition) is 1. The van der Waals surface area contributed by atoms with Crippen LogP contribution in [-0.2, 0) is 9.59 Å². The van der Waals surface area contributed by atoms with E-state index in [9.17, 15) is 18.4 Å². The minimum atomic E-state index is -0.517. The van der Waals surface area contributed by atoms with Crippen LogP contribution in [0.3, 0.4) is 0 Å². The number of carbonyl (C=O) groups excluding carboxylic acids is 2. The Balaban J connectivity index is 1.58. The molecule has 174 valence electrons. The maximum absolute atomic E-state index is 14.5. The van der Waals surface area contributed by atoms with E-state index >= 15 is 0 Å². The van der Waals surface area contributed by atoms with Gasteiger partial charge in [-0.1, -0.05) is 36.4 Å². The second kappa shape index (κ2) is 9.83. The average Bonchev–Trinajstić information content (AvgIpc) is 3.55. The van der Waals surface area contributed by atoms with E-state index in [4.69, 9.17) is 0 Å². The van der Waals surface area contributed by atoms with Gasteiger partial charge in [-0.3, -0.25) is 9.59 Å². The number of benzene rings is 2. The highest BCUT2D eigenvalue weighted by atomic mass is 19.1. The maximum Gasteiger partial charge on any atom is 0.241 e. The first-order valence-electron chi connectivity index (χ1n) is 11.3.